The Bertz CT molecular complexity index is 504. The van der Waals surface area contributed by atoms with Crippen LogP contribution in [0.3, 0.4) is 0 Å². The largest absolute Gasteiger partial charge is 0.317 e. The molecule has 2 heterocycles. The summed E-state index contributed by atoms with van der Waals surface area (Å²) in [6.45, 7) is 4.25. The van der Waals surface area contributed by atoms with Crippen LogP contribution in [0.5, 0.6) is 0 Å². The Hall–Kier alpha value is -0.870. The zero-order valence-electron chi connectivity index (χ0n) is 9.79. The highest BCUT2D eigenvalue weighted by molar-refractivity contribution is 9.10. The number of aromatic nitrogens is 2. The van der Waals surface area contributed by atoms with Crippen molar-refractivity contribution in [1.29, 1.82) is 0 Å². The lowest BCUT2D eigenvalue weighted by atomic mass is 10.2. The minimum absolute atomic E-state index is 0.429. The van der Waals surface area contributed by atoms with Crippen LogP contribution in [0.2, 0.25) is 0 Å². The molecule has 0 spiro atoms. The summed E-state index contributed by atoms with van der Waals surface area (Å²) in [6.07, 6.45) is 3.05. The van der Waals surface area contributed by atoms with E-state index >= 15 is 0 Å². The molecule has 1 atom stereocenters. The minimum atomic E-state index is 0.429. The van der Waals surface area contributed by atoms with Gasteiger partial charge in [-0.05, 0) is 48.5 Å². The number of fused-ring (bicyclic) bond motifs is 1. The van der Waals surface area contributed by atoms with Crippen molar-refractivity contribution in [3.8, 4) is 0 Å². The first-order chi connectivity index (χ1) is 7.61. The van der Waals surface area contributed by atoms with Crippen molar-refractivity contribution in [2.24, 2.45) is 0 Å². The molecule has 0 fully saturated rings. The van der Waals surface area contributed by atoms with Crippen LogP contribution in [0.25, 0.3) is 5.52 Å². The van der Waals surface area contributed by atoms with Gasteiger partial charge < -0.3 is 9.72 Å². The second kappa shape index (κ2) is 4.55. The predicted molar refractivity (Wildman–Crippen MR) is 69.9 cm³/mol. The maximum Gasteiger partial charge on any atom is 0.132 e. The molecule has 0 aliphatic rings. The van der Waals surface area contributed by atoms with Crippen LogP contribution in [0.15, 0.2) is 22.9 Å². The summed E-state index contributed by atoms with van der Waals surface area (Å²) in [7, 11) is 1.97. The highest BCUT2D eigenvalue weighted by atomic mass is 79.9. The van der Waals surface area contributed by atoms with Gasteiger partial charge in [-0.15, -0.1) is 0 Å². The lowest BCUT2D eigenvalue weighted by Gasteiger charge is -2.08. The molecule has 4 heteroatoms. The topological polar surface area (TPSA) is 29.3 Å². The maximum atomic E-state index is 4.56. The second-order valence-electron chi connectivity index (χ2n) is 4.17. The van der Waals surface area contributed by atoms with Gasteiger partial charge in [0, 0.05) is 18.7 Å². The summed E-state index contributed by atoms with van der Waals surface area (Å²) in [4.78, 5) is 4.56. The van der Waals surface area contributed by atoms with E-state index < -0.39 is 0 Å². The molecule has 1 unspecified atom stereocenters. The third kappa shape index (κ3) is 2.13. The van der Waals surface area contributed by atoms with Gasteiger partial charge in [-0.2, -0.15) is 0 Å². The molecular weight excluding hydrogens is 266 g/mol. The molecule has 2 aromatic rings. The van der Waals surface area contributed by atoms with Gasteiger partial charge in [0.15, 0.2) is 0 Å². The van der Waals surface area contributed by atoms with Gasteiger partial charge in [-0.25, -0.2) is 4.98 Å². The van der Waals surface area contributed by atoms with Gasteiger partial charge in [0.1, 0.15) is 10.4 Å². The van der Waals surface area contributed by atoms with E-state index in [9.17, 15) is 0 Å². The number of nitrogens with zero attached hydrogens (tertiary/aromatic N) is 2. The fourth-order valence-electron chi connectivity index (χ4n) is 1.73. The number of nitrogens with one attached hydrogen (secondary N) is 1. The quantitative estimate of drug-likeness (QED) is 0.937. The van der Waals surface area contributed by atoms with Gasteiger partial charge in [0.25, 0.3) is 0 Å². The van der Waals surface area contributed by atoms with E-state index in [2.05, 4.69) is 62.8 Å². The van der Waals surface area contributed by atoms with Gasteiger partial charge in [0.2, 0.25) is 0 Å². The number of hydrogen-bond donors (Lipinski definition) is 1. The Kier molecular flexibility index (Phi) is 3.30. The van der Waals surface area contributed by atoms with Crippen molar-refractivity contribution in [3.05, 3.63) is 34.3 Å². The fraction of sp³-hybridized carbons (Fsp3) is 0.417. The third-order valence-electron chi connectivity index (χ3n) is 2.79. The Morgan fingerprint density at radius 3 is 2.94 bits per heavy atom. The van der Waals surface area contributed by atoms with Crippen LogP contribution in [0, 0.1) is 6.92 Å². The lowest BCUT2D eigenvalue weighted by Crippen LogP contribution is -2.24. The number of hydrogen-bond acceptors (Lipinski definition) is 2. The van der Waals surface area contributed by atoms with Crippen molar-refractivity contribution in [2.75, 3.05) is 7.05 Å². The van der Waals surface area contributed by atoms with E-state index in [1.807, 2.05) is 7.05 Å². The summed E-state index contributed by atoms with van der Waals surface area (Å²) in [6, 6.07) is 4.63. The number of likely N-dealkylation sites (N-methyl/N-ethyl adjacent to an activating group) is 1. The van der Waals surface area contributed by atoms with Gasteiger partial charge in [0.05, 0.1) is 5.52 Å². The van der Waals surface area contributed by atoms with Crippen molar-refractivity contribution >= 4 is 21.4 Å². The average molecular weight is 282 g/mol. The zero-order chi connectivity index (χ0) is 11.7. The molecule has 2 aromatic heterocycles. The highest BCUT2D eigenvalue weighted by Gasteiger charge is 2.11. The Morgan fingerprint density at radius 2 is 2.25 bits per heavy atom. The minimum Gasteiger partial charge on any atom is -0.317 e. The SMILES string of the molecule is CNC(C)Cc1nc(Br)c2ccc(C)cn12. The summed E-state index contributed by atoms with van der Waals surface area (Å²) >= 11 is 3.50. The highest BCUT2D eigenvalue weighted by Crippen LogP contribution is 2.20. The number of rotatable bonds is 3. The van der Waals surface area contributed by atoms with Gasteiger partial charge in [-0.3, -0.25) is 0 Å². The Labute approximate surface area is 104 Å². The molecule has 1 N–H and O–H groups in total. The van der Waals surface area contributed by atoms with Crippen LogP contribution in [0.1, 0.15) is 18.3 Å². The van der Waals surface area contributed by atoms with E-state index in [4.69, 9.17) is 0 Å². The van der Waals surface area contributed by atoms with E-state index in [1.165, 1.54) is 5.56 Å². The normalized spacial score (nSPS) is 13.2. The molecule has 0 aromatic carbocycles. The van der Waals surface area contributed by atoms with Gasteiger partial charge in [-0.1, -0.05) is 6.07 Å². The smallest absolute Gasteiger partial charge is 0.132 e. The second-order valence-corrected chi connectivity index (χ2v) is 4.93. The van der Waals surface area contributed by atoms with E-state index in [0.29, 0.717) is 6.04 Å². The molecule has 0 aliphatic carbocycles. The monoisotopic (exact) mass is 281 g/mol. The molecular formula is C12H16BrN3. The van der Waals surface area contributed by atoms with Crippen LogP contribution in [-0.2, 0) is 6.42 Å². The van der Waals surface area contributed by atoms with Crippen LogP contribution >= 0.6 is 15.9 Å². The Balaban J connectivity index is 2.48. The third-order valence-corrected chi connectivity index (χ3v) is 3.38. The van der Waals surface area contributed by atoms with Crippen molar-refractivity contribution in [1.82, 2.24) is 14.7 Å². The fourth-order valence-corrected chi connectivity index (χ4v) is 2.26. The van der Waals surface area contributed by atoms with E-state index in [-0.39, 0.29) is 0 Å². The molecule has 2 rings (SSSR count). The molecule has 0 bridgehead atoms. The number of halogens is 1. The Morgan fingerprint density at radius 1 is 1.50 bits per heavy atom. The summed E-state index contributed by atoms with van der Waals surface area (Å²) in [5.74, 6) is 1.09. The van der Waals surface area contributed by atoms with Crippen molar-refractivity contribution in [3.63, 3.8) is 0 Å². The first-order valence-electron chi connectivity index (χ1n) is 5.42. The maximum absolute atomic E-state index is 4.56. The summed E-state index contributed by atoms with van der Waals surface area (Å²) in [5, 5.41) is 3.23. The van der Waals surface area contributed by atoms with E-state index in [1.54, 1.807) is 0 Å². The number of aryl methyl sites for hydroxylation is 1. The summed E-state index contributed by atoms with van der Waals surface area (Å²) < 4.78 is 3.08. The van der Waals surface area contributed by atoms with E-state index in [0.717, 1.165) is 22.4 Å². The van der Waals surface area contributed by atoms with Gasteiger partial charge >= 0.3 is 0 Å². The molecule has 0 saturated heterocycles. The standard InChI is InChI=1S/C12H16BrN3/c1-8-4-5-10-12(13)15-11(16(10)7-8)6-9(2)14-3/h4-5,7,9,14H,6H2,1-3H3. The molecule has 16 heavy (non-hydrogen) atoms. The molecule has 86 valence electrons. The molecule has 0 radical (unpaired) electrons. The van der Waals surface area contributed by atoms with Crippen molar-refractivity contribution < 1.29 is 0 Å². The zero-order valence-corrected chi connectivity index (χ0v) is 11.4. The number of imidazole rings is 1. The predicted octanol–water partition coefficient (Wildman–Crippen LogP) is 2.56. The van der Waals surface area contributed by atoms with Crippen molar-refractivity contribution in [2.45, 2.75) is 26.3 Å². The first-order valence-corrected chi connectivity index (χ1v) is 6.21. The van der Waals surface area contributed by atoms with Crippen LogP contribution in [-0.4, -0.2) is 22.5 Å². The molecule has 0 saturated carbocycles. The molecule has 0 amide bonds. The van der Waals surface area contributed by atoms with Crippen LogP contribution in [0.4, 0.5) is 0 Å². The average Bonchev–Trinajstić information content (AvgIpc) is 2.55. The van der Waals surface area contributed by atoms with Crippen LogP contribution < -0.4 is 5.32 Å². The summed E-state index contributed by atoms with van der Waals surface area (Å²) in [5.41, 5.74) is 2.37. The first kappa shape index (κ1) is 11.6. The molecule has 3 nitrogen and oxygen atoms in total. The number of pyridine rings is 1. The lowest BCUT2D eigenvalue weighted by molar-refractivity contribution is 0.589. The molecule has 0 aliphatic heterocycles.